The Kier molecular flexibility index (Phi) is 4.53. The molecular weight excluding hydrogens is 397 g/mol. The average molecular weight is 412 g/mol. The van der Waals surface area contributed by atoms with Gasteiger partial charge in [0.25, 0.3) is 5.56 Å². The minimum atomic E-state index is -4.49. The molecule has 3 unspecified atom stereocenters. The third kappa shape index (κ3) is 3.11. The molecule has 1 aliphatic heterocycles. The van der Waals surface area contributed by atoms with Crippen molar-refractivity contribution in [1.82, 2.24) is 28.8 Å². The number of rotatable bonds is 5. The number of ether oxygens (including phenoxy) is 1. The fraction of sp³-hybridized carbons (Fsp3) is 0.385. The lowest BCUT2D eigenvalue weighted by Crippen LogP contribution is -2.34. The van der Waals surface area contributed by atoms with Crippen LogP contribution in [-0.4, -0.2) is 64.0 Å². The van der Waals surface area contributed by atoms with Crippen LogP contribution in [0.4, 0.5) is 5.95 Å². The van der Waals surface area contributed by atoms with Crippen molar-refractivity contribution in [3.8, 4) is 0 Å². The number of aliphatic hydroxyl groups is 2. The highest BCUT2D eigenvalue weighted by atomic mass is 31.2. The molecule has 0 aliphatic carbocycles. The van der Waals surface area contributed by atoms with Crippen molar-refractivity contribution >= 4 is 24.9 Å². The van der Waals surface area contributed by atoms with Crippen LogP contribution in [0.15, 0.2) is 29.8 Å². The van der Waals surface area contributed by atoms with Crippen molar-refractivity contribution in [2.45, 2.75) is 24.5 Å². The number of fused-ring (bicyclic) bond motifs is 1. The zero-order chi connectivity index (χ0) is 20.1. The molecule has 4 heterocycles. The monoisotopic (exact) mass is 412 g/mol. The Morgan fingerprint density at radius 1 is 1.39 bits per heavy atom. The van der Waals surface area contributed by atoms with Gasteiger partial charge in [-0.2, -0.15) is 4.98 Å². The van der Waals surface area contributed by atoms with Gasteiger partial charge in [0.1, 0.15) is 24.6 Å². The molecule has 1 saturated heterocycles. The van der Waals surface area contributed by atoms with Crippen LogP contribution in [0.2, 0.25) is 0 Å². The number of nitrogens with two attached hydrogens (primary N) is 1. The summed E-state index contributed by atoms with van der Waals surface area (Å²) < 4.78 is 24.5. The van der Waals surface area contributed by atoms with Crippen LogP contribution < -0.4 is 16.2 Å². The molecule has 0 spiro atoms. The summed E-state index contributed by atoms with van der Waals surface area (Å²) in [5.41, 5.74) is 4.94. The van der Waals surface area contributed by atoms with E-state index in [9.17, 15) is 24.5 Å². The number of nitrogens with one attached hydrogen (secondary N) is 1. The van der Waals surface area contributed by atoms with E-state index in [1.165, 1.54) is 23.3 Å². The summed E-state index contributed by atoms with van der Waals surface area (Å²) in [4.78, 5) is 37.7. The molecule has 4 rings (SSSR count). The maximum Gasteiger partial charge on any atom is 0.280 e. The van der Waals surface area contributed by atoms with E-state index in [2.05, 4.69) is 19.9 Å². The van der Waals surface area contributed by atoms with Crippen LogP contribution in [0.1, 0.15) is 6.23 Å². The normalized spacial score (nSPS) is 27.2. The number of imidazole rings is 2. The Hall–Kier alpha value is -2.61. The number of aromatic amines is 1. The number of anilines is 1. The Labute approximate surface area is 155 Å². The van der Waals surface area contributed by atoms with E-state index in [1.807, 2.05) is 0 Å². The summed E-state index contributed by atoms with van der Waals surface area (Å²) in [6.07, 6.45) is -0.619. The third-order valence-electron chi connectivity index (χ3n) is 4.24. The van der Waals surface area contributed by atoms with Crippen LogP contribution in [0.25, 0.3) is 11.2 Å². The van der Waals surface area contributed by atoms with Gasteiger partial charge >= 0.3 is 0 Å². The smallest absolute Gasteiger partial charge is 0.280 e. The molecule has 3 aromatic rings. The maximum absolute atomic E-state index is 12.0. The molecular formula is C13H15N7O7P-. The second-order valence-corrected chi connectivity index (χ2v) is 7.69. The third-order valence-corrected chi connectivity index (χ3v) is 5.51. The number of nitrogens with zero attached hydrogens (tertiary/aromatic N) is 5. The predicted molar refractivity (Wildman–Crippen MR) is 89.7 cm³/mol. The second-order valence-electron chi connectivity index (χ2n) is 6.03. The molecule has 5 atom stereocenters. The highest BCUT2D eigenvalue weighted by Crippen LogP contribution is 2.40. The van der Waals surface area contributed by atoms with Crippen LogP contribution in [0, 0.1) is 0 Å². The average Bonchev–Trinajstić information content (AvgIpc) is 3.35. The van der Waals surface area contributed by atoms with Crippen molar-refractivity contribution in [2.75, 3.05) is 12.3 Å². The van der Waals surface area contributed by atoms with E-state index in [4.69, 9.17) is 15.0 Å². The Morgan fingerprint density at radius 2 is 2.18 bits per heavy atom. The molecule has 1 fully saturated rings. The van der Waals surface area contributed by atoms with E-state index in [0.717, 1.165) is 10.7 Å². The molecule has 0 radical (unpaired) electrons. The number of aromatic nitrogens is 6. The number of H-pyrrole nitrogens is 1. The van der Waals surface area contributed by atoms with Gasteiger partial charge < -0.3 is 30.1 Å². The minimum absolute atomic E-state index is 0.0342. The van der Waals surface area contributed by atoms with Crippen molar-refractivity contribution in [1.29, 1.82) is 0 Å². The quantitative estimate of drug-likeness (QED) is 0.323. The number of aliphatic hydroxyl groups excluding tert-OH is 2. The lowest BCUT2D eigenvalue weighted by molar-refractivity contribution is -0.205. The molecule has 150 valence electrons. The van der Waals surface area contributed by atoms with Crippen LogP contribution in [0.3, 0.4) is 0 Å². The van der Waals surface area contributed by atoms with Gasteiger partial charge in [0.2, 0.25) is 13.7 Å². The van der Waals surface area contributed by atoms with E-state index >= 15 is 0 Å². The minimum Gasteiger partial charge on any atom is -0.761 e. The first kappa shape index (κ1) is 18.7. The zero-order valence-corrected chi connectivity index (χ0v) is 14.9. The number of hydrogen-bond acceptors (Lipinski definition) is 11. The Morgan fingerprint density at radius 3 is 2.89 bits per heavy atom. The van der Waals surface area contributed by atoms with E-state index in [0.29, 0.717) is 0 Å². The maximum atomic E-state index is 12.0. The largest absolute Gasteiger partial charge is 0.761 e. The second kappa shape index (κ2) is 6.77. The molecule has 0 aromatic carbocycles. The summed E-state index contributed by atoms with van der Waals surface area (Å²) >= 11 is 0. The molecule has 1 aliphatic rings. The molecule has 0 amide bonds. The first-order valence-corrected chi connectivity index (χ1v) is 9.46. The van der Waals surface area contributed by atoms with E-state index in [1.54, 1.807) is 0 Å². The highest BCUT2D eigenvalue weighted by molar-refractivity contribution is 7.49. The Balaban J connectivity index is 1.55. The number of hydrogen-bond donors (Lipinski definition) is 4. The molecule has 28 heavy (non-hydrogen) atoms. The van der Waals surface area contributed by atoms with Gasteiger partial charge in [-0.3, -0.25) is 23.2 Å². The summed E-state index contributed by atoms with van der Waals surface area (Å²) in [6.45, 7) is -0.559. The van der Waals surface area contributed by atoms with Gasteiger partial charge in [0, 0.05) is 12.4 Å². The first-order chi connectivity index (χ1) is 13.3. The predicted octanol–water partition coefficient (Wildman–Crippen LogP) is -2.45. The van der Waals surface area contributed by atoms with Gasteiger partial charge in [0.15, 0.2) is 17.4 Å². The van der Waals surface area contributed by atoms with Gasteiger partial charge in [-0.1, -0.05) is 0 Å². The lowest BCUT2D eigenvalue weighted by atomic mass is 10.1. The van der Waals surface area contributed by atoms with Gasteiger partial charge in [0.05, 0.1) is 12.9 Å². The molecule has 0 bridgehead atoms. The summed E-state index contributed by atoms with van der Waals surface area (Å²) in [6, 6.07) is 0. The molecule has 0 saturated carbocycles. The van der Waals surface area contributed by atoms with Crippen molar-refractivity contribution in [3.05, 3.63) is 35.4 Å². The standard InChI is InChI=1S/C13H16N7O7P/c14-13-17-10-7(11(23)18-13)16-5-20(10)12-9(22)8(21)6(27-12)3-26-28(24,25)19-2-1-15-4-19/h1-2,4-6,8-9,12,21-22H,3H2,(H,24,25)(H3,14,17,18,23)/p-1/t6-,8?,9?,12-/m1/s1. The van der Waals surface area contributed by atoms with Gasteiger partial charge in [-0.25, -0.2) is 9.97 Å². The molecule has 15 heteroatoms. The van der Waals surface area contributed by atoms with Gasteiger partial charge in [-0.05, 0) is 0 Å². The Bertz CT molecular complexity index is 1100. The lowest BCUT2D eigenvalue weighted by Gasteiger charge is -2.25. The van der Waals surface area contributed by atoms with Gasteiger partial charge in [-0.15, -0.1) is 0 Å². The summed E-state index contributed by atoms with van der Waals surface area (Å²) in [7, 11) is -4.49. The molecule has 5 N–H and O–H groups in total. The molecule has 3 aromatic heterocycles. The summed E-state index contributed by atoms with van der Waals surface area (Å²) in [5, 5.41) is 20.5. The van der Waals surface area contributed by atoms with Crippen molar-refractivity contribution < 1.29 is 28.9 Å². The topological polar surface area (TPSA) is 206 Å². The first-order valence-electron chi connectivity index (χ1n) is 7.96. The summed E-state index contributed by atoms with van der Waals surface area (Å²) in [5.74, 6) is -0.167. The van der Waals surface area contributed by atoms with E-state index in [-0.39, 0.29) is 17.1 Å². The molecule has 14 nitrogen and oxygen atoms in total. The van der Waals surface area contributed by atoms with Crippen LogP contribution >= 0.6 is 7.75 Å². The van der Waals surface area contributed by atoms with E-state index < -0.39 is 44.5 Å². The fourth-order valence-electron chi connectivity index (χ4n) is 2.86. The SMILES string of the molecule is Nc1nc2c(ncn2[C@@H]2O[C@H](COP(=O)([O-])n3ccnc3)C(O)C2O)c(=O)[nH]1. The van der Waals surface area contributed by atoms with Crippen LogP contribution in [-0.2, 0) is 13.8 Å². The van der Waals surface area contributed by atoms with Crippen molar-refractivity contribution in [2.24, 2.45) is 0 Å². The number of nitrogen functional groups attached to an aromatic ring is 1. The highest BCUT2D eigenvalue weighted by Gasteiger charge is 2.45. The fourth-order valence-corrected chi connectivity index (χ4v) is 3.73. The van der Waals surface area contributed by atoms with Crippen molar-refractivity contribution in [3.63, 3.8) is 0 Å². The zero-order valence-electron chi connectivity index (χ0n) is 14.0. The van der Waals surface area contributed by atoms with Crippen LogP contribution in [0.5, 0.6) is 0 Å².